The third kappa shape index (κ3) is 3.25. The standard InChI is InChI=1S/C16H25NO3/c1-18-14-6-5-12(10-15(14)19-2)9-13(17)11-16(20-3)7-4-8-16/h5-6,10,13H,4,7-9,11,17H2,1-3H3. The lowest BCUT2D eigenvalue weighted by Gasteiger charge is -2.42. The second-order valence-corrected chi connectivity index (χ2v) is 5.60. The van der Waals surface area contributed by atoms with E-state index in [2.05, 4.69) is 0 Å². The van der Waals surface area contributed by atoms with Gasteiger partial charge >= 0.3 is 0 Å². The van der Waals surface area contributed by atoms with E-state index in [1.165, 1.54) is 12.0 Å². The number of hydrogen-bond donors (Lipinski definition) is 1. The van der Waals surface area contributed by atoms with Gasteiger partial charge in [-0.15, -0.1) is 0 Å². The second-order valence-electron chi connectivity index (χ2n) is 5.60. The minimum Gasteiger partial charge on any atom is -0.493 e. The minimum absolute atomic E-state index is 0.0238. The van der Waals surface area contributed by atoms with Gasteiger partial charge in [0.2, 0.25) is 0 Å². The summed E-state index contributed by atoms with van der Waals surface area (Å²) < 4.78 is 16.2. The summed E-state index contributed by atoms with van der Waals surface area (Å²) in [4.78, 5) is 0. The Hall–Kier alpha value is -1.26. The maximum absolute atomic E-state index is 6.29. The molecule has 2 N–H and O–H groups in total. The van der Waals surface area contributed by atoms with E-state index < -0.39 is 0 Å². The van der Waals surface area contributed by atoms with E-state index in [0.717, 1.165) is 37.2 Å². The summed E-state index contributed by atoms with van der Waals surface area (Å²) in [5.41, 5.74) is 7.48. The van der Waals surface area contributed by atoms with Crippen molar-refractivity contribution in [1.29, 1.82) is 0 Å². The topological polar surface area (TPSA) is 53.7 Å². The summed E-state index contributed by atoms with van der Waals surface area (Å²) in [6.45, 7) is 0. The third-order valence-corrected chi connectivity index (χ3v) is 4.28. The van der Waals surface area contributed by atoms with Crippen LogP contribution in [0.5, 0.6) is 11.5 Å². The molecule has 1 saturated carbocycles. The lowest BCUT2D eigenvalue weighted by molar-refractivity contribution is -0.0813. The first-order chi connectivity index (χ1) is 9.62. The molecule has 1 aromatic carbocycles. The predicted molar refractivity (Wildman–Crippen MR) is 79.4 cm³/mol. The molecule has 2 rings (SSSR count). The molecule has 0 spiro atoms. The Labute approximate surface area is 121 Å². The van der Waals surface area contributed by atoms with E-state index in [1.807, 2.05) is 18.2 Å². The molecule has 4 nitrogen and oxygen atoms in total. The van der Waals surface area contributed by atoms with Crippen molar-refractivity contribution < 1.29 is 14.2 Å². The molecule has 20 heavy (non-hydrogen) atoms. The molecule has 1 aliphatic carbocycles. The Morgan fingerprint density at radius 2 is 1.85 bits per heavy atom. The van der Waals surface area contributed by atoms with Crippen molar-refractivity contribution in [2.24, 2.45) is 5.73 Å². The molecular weight excluding hydrogens is 254 g/mol. The van der Waals surface area contributed by atoms with Crippen molar-refractivity contribution in [3.8, 4) is 11.5 Å². The van der Waals surface area contributed by atoms with Gasteiger partial charge in [-0.1, -0.05) is 6.07 Å². The molecule has 112 valence electrons. The number of benzene rings is 1. The number of hydrogen-bond acceptors (Lipinski definition) is 4. The number of methoxy groups -OCH3 is 3. The highest BCUT2D eigenvalue weighted by Crippen LogP contribution is 2.39. The molecule has 1 fully saturated rings. The van der Waals surface area contributed by atoms with E-state index in [1.54, 1.807) is 21.3 Å². The van der Waals surface area contributed by atoms with Crippen LogP contribution in [0, 0.1) is 0 Å². The first-order valence-electron chi connectivity index (χ1n) is 7.14. The van der Waals surface area contributed by atoms with E-state index in [9.17, 15) is 0 Å². The molecule has 0 aliphatic heterocycles. The van der Waals surface area contributed by atoms with Gasteiger partial charge in [-0.2, -0.15) is 0 Å². The molecule has 0 radical (unpaired) electrons. The van der Waals surface area contributed by atoms with Crippen LogP contribution < -0.4 is 15.2 Å². The smallest absolute Gasteiger partial charge is 0.160 e. The maximum atomic E-state index is 6.29. The highest BCUT2D eigenvalue weighted by atomic mass is 16.5. The fraction of sp³-hybridized carbons (Fsp3) is 0.625. The molecule has 0 bridgehead atoms. The van der Waals surface area contributed by atoms with Gasteiger partial charge in [-0.25, -0.2) is 0 Å². The summed E-state index contributed by atoms with van der Waals surface area (Å²) >= 11 is 0. The molecule has 1 aromatic rings. The molecule has 0 saturated heterocycles. The molecular formula is C16H25NO3. The largest absolute Gasteiger partial charge is 0.493 e. The average molecular weight is 279 g/mol. The predicted octanol–water partition coefficient (Wildman–Crippen LogP) is 2.53. The number of nitrogens with two attached hydrogens (primary N) is 1. The lowest BCUT2D eigenvalue weighted by atomic mass is 9.75. The Bertz CT molecular complexity index is 438. The maximum Gasteiger partial charge on any atom is 0.160 e. The molecule has 1 aliphatic rings. The van der Waals surface area contributed by atoms with Gasteiger partial charge in [0.15, 0.2) is 11.5 Å². The fourth-order valence-corrected chi connectivity index (χ4v) is 2.92. The summed E-state index contributed by atoms with van der Waals surface area (Å²) in [5, 5.41) is 0. The van der Waals surface area contributed by atoms with Gasteiger partial charge in [0.1, 0.15) is 0 Å². The SMILES string of the molecule is COc1ccc(CC(N)CC2(OC)CCC2)cc1OC. The van der Waals surface area contributed by atoms with Crippen molar-refractivity contribution in [1.82, 2.24) is 0 Å². The van der Waals surface area contributed by atoms with Crippen LogP contribution in [0.1, 0.15) is 31.2 Å². The van der Waals surface area contributed by atoms with Crippen molar-refractivity contribution in [3.63, 3.8) is 0 Å². The Morgan fingerprint density at radius 3 is 2.35 bits per heavy atom. The zero-order valence-electron chi connectivity index (χ0n) is 12.6. The van der Waals surface area contributed by atoms with E-state index in [4.69, 9.17) is 19.9 Å². The van der Waals surface area contributed by atoms with Crippen LogP contribution in [0.15, 0.2) is 18.2 Å². The number of ether oxygens (including phenoxy) is 3. The molecule has 1 unspecified atom stereocenters. The van der Waals surface area contributed by atoms with Gasteiger partial charge in [-0.3, -0.25) is 0 Å². The Morgan fingerprint density at radius 1 is 1.15 bits per heavy atom. The van der Waals surface area contributed by atoms with Crippen LogP contribution in [0.4, 0.5) is 0 Å². The minimum atomic E-state index is 0.0238. The highest BCUT2D eigenvalue weighted by Gasteiger charge is 2.38. The van der Waals surface area contributed by atoms with Gasteiger partial charge < -0.3 is 19.9 Å². The molecule has 1 atom stereocenters. The van der Waals surface area contributed by atoms with Gasteiger partial charge in [0, 0.05) is 13.2 Å². The lowest BCUT2D eigenvalue weighted by Crippen LogP contribution is -2.44. The Kier molecular flexibility index (Phi) is 4.89. The summed E-state index contributed by atoms with van der Waals surface area (Å²) in [5.74, 6) is 1.50. The quantitative estimate of drug-likeness (QED) is 0.833. The van der Waals surface area contributed by atoms with Crippen LogP contribution in [0.25, 0.3) is 0 Å². The van der Waals surface area contributed by atoms with Crippen molar-refractivity contribution in [2.75, 3.05) is 21.3 Å². The second kappa shape index (κ2) is 6.46. The first-order valence-corrected chi connectivity index (χ1v) is 7.14. The summed E-state index contributed by atoms with van der Waals surface area (Å²) in [6, 6.07) is 6.07. The highest BCUT2D eigenvalue weighted by molar-refractivity contribution is 5.43. The average Bonchev–Trinajstić information content (AvgIpc) is 2.42. The fourth-order valence-electron chi connectivity index (χ4n) is 2.92. The van der Waals surface area contributed by atoms with Crippen LogP contribution >= 0.6 is 0 Å². The zero-order valence-corrected chi connectivity index (χ0v) is 12.6. The number of rotatable bonds is 7. The van der Waals surface area contributed by atoms with Crippen LogP contribution in [-0.4, -0.2) is 33.0 Å². The van der Waals surface area contributed by atoms with Crippen molar-refractivity contribution in [3.05, 3.63) is 23.8 Å². The van der Waals surface area contributed by atoms with E-state index >= 15 is 0 Å². The molecule has 4 heteroatoms. The zero-order chi connectivity index (χ0) is 14.6. The van der Waals surface area contributed by atoms with Crippen LogP contribution in [0.2, 0.25) is 0 Å². The molecule has 0 amide bonds. The van der Waals surface area contributed by atoms with Gasteiger partial charge in [0.25, 0.3) is 0 Å². The first kappa shape index (κ1) is 15.1. The normalized spacial score (nSPS) is 18.2. The molecule has 0 heterocycles. The van der Waals surface area contributed by atoms with E-state index in [-0.39, 0.29) is 11.6 Å². The van der Waals surface area contributed by atoms with E-state index in [0.29, 0.717) is 0 Å². The van der Waals surface area contributed by atoms with Crippen molar-refractivity contribution in [2.45, 2.75) is 43.7 Å². The van der Waals surface area contributed by atoms with Crippen LogP contribution in [-0.2, 0) is 11.2 Å². The van der Waals surface area contributed by atoms with Gasteiger partial charge in [0.05, 0.1) is 19.8 Å². The van der Waals surface area contributed by atoms with Crippen molar-refractivity contribution >= 4 is 0 Å². The van der Waals surface area contributed by atoms with Gasteiger partial charge in [-0.05, 0) is 49.8 Å². The summed E-state index contributed by atoms with van der Waals surface area (Å²) in [7, 11) is 5.08. The monoisotopic (exact) mass is 279 g/mol. The summed E-state index contributed by atoms with van der Waals surface area (Å²) in [6.07, 6.45) is 5.24. The third-order valence-electron chi connectivity index (χ3n) is 4.28. The molecule has 0 aromatic heterocycles. The Balaban J connectivity index is 1.98. The van der Waals surface area contributed by atoms with Crippen LogP contribution in [0.3, 0.4) is 0 Å².